The molecule has 5 heteroatoms. The van der Waals surface area contributed by atoms with E-state index in [1.165, 1.54) is 7.11 Å². The summed E-state index contributed by atoms with van der Waals surface area (Å²) in [4.78, 5) is 23.0. The van der Waals surface area contributed by atoms with E-state index in [4.69, 9.17) is 5.73 Å². The summed E-state index contributed by atoms with van der Waals surface area (Å²) in [6, 6.07) is 0. The third-order valence-corrected chi connectivity index (χ3v) is 2.37. The van der Waals surface area contributed by atoms with E-state index in [0.29, 0.717) is 6.42 Å². The van der Waals surface area contributed by atoms with Crippen molar-refractivity contribution >= 4 is 11.9 Å². The average Bonchev–Trinajstić information content (AvgIpc) is 2.15. The van der Waals surface area contributed by atoms with Gasteiger partial charge in [0.25, 0.3) is 0 Å². The van der Waals surface area contributed by atoms with Gasteiger partial charge in [-0.05, 0) is 27.2 Å². The summed E-state index contributed by atoms with van der Waals surface area (Å²) in [7, 11) is 1.28. The zero-order chi connectivity index (χ0) is 12.3. The van der Waals surface area contributed by atoms with Crippen molar-refractivity contribution in [3.05, 3.63) is 0 Å². The monoisotopic (exact) mass is 216 g/mol. The Labute approximate surface area is 90.4 Å². The summed E-state index contributed by atoms with van der Waals surface area (Å²) in [6.07, 6.45) is 0.496. The summed E-state index contributed by atoms with van der Waals surface area (Å²) >= 11 is 0. The quantitative estimate of drug-likeness (QED) is 0.657. The van der Waals surface area contributed by atoms with E-state index in [-0.39, 0.29) is 5.91 Å². The Hall–Kier alpha value is -1.10. The molecule has 88 valence electrons. The standard InChI is InChI=1S/C10H20N2O3/c1-6-10(4,11)7(13)12-9(2,3)8(14)15-5/h6,11H2,1-5H3,(H,12,13). The van der Waals surface area contributed by atoms with Crippen molar-refractivity contribution in [1.82, 2.24) is 5.32 Å². The number of nitrogens with two attached hydrogens (primary N) is 1. The lowest BCUT2D eigenvalue weighted by Gasteiger charge is -2.29. The molecule has 0 aliphatic heterocycles. The van der Waals surface area contributed by atoms with E-state index in [0.717, 1.165) is 0 Å². The molecule has 1 amide bonds. The minimum atomic E-state index is -1.05. The highest BCUT2D eigenvalue weighted by atomic mass is 16.5. The van der Waals surface area contributed by atoms with Gasteiger partial charge < -0.3 is 15.8 Å². The molecular weight excluding hydrogens is 196 g/mol. The maximum Gasteiger partial charge on any atom is 0.330 e. The van der Waals surface area contributed by atoms with E-state index in [1.807, 2.05) is 6.92 Å². The molecule has 0 spiro atoms. The van der Waals surface area contributed by atoms with Crippen molar-refractivity contribution in [3.63, 3.8) is 0 Å². The van der Waals surface area contributed by atoms with Crippen LogP contribution in [0.15, 0.2) is 0 Å². The van der Waals surface area contributed by atoms with Crippen LogP contribution in [0, 0.1) is 0 Å². The number of rotatable bonds is 4. The van der Waals surface area contributed by atoms with E-state index in [1.54, 1.807) is 20.8 Å². The first-order valence-corrected chi connectivity index (χ1v) is 4.87. The number of nitrogens with one attached hydrogen (secondary N) is 1. The summed E-state index contributed by atoms with van der Waals surface area (Å²) in [5, 5.41) is 2.56. The van der Waals surface area contributed by atoms with Crippen LogP contribution in [-0.2, 0) is 14.3 Å². The molecule has 3 N–H and O–H groups in total. The Bertz CT molecular complexity index is 259. The molecule has 0 aliphatic carbocycles. The average molecular weight is 216 g/mol. The van der Waals surface area contributed by atoms with Gasteiger partial charge in [0.1, 0.15) is 5.54 Å². The lowest BCUT2D eigenvalue weighted by Crippen LogP contribution is -2.59. The minimum Gasteiger partial charge on any atom is -0.467 e. The van der Waals surface area contributed by atoms with Gasteiger partial charge in [-0.3, -0.25) is 4.79 Å². The molecule has 5 nitrogen and oxygen atoms in total. The predicted molar refractivity (Wildman–Crippen MR) is 57.1 cm³/mol. The molecule has 15 heavy (non-hydrogen) atoms. The molecule has 0 saturated carbocycles. The third-order valence-electron chi connectivity index (χ3n) is 2.37. The first kappa shape index (κ1) is 13.9. The Morgan fingerprint density at radius 2 is 1.80 bits per heavy atom. The molecule has 0 bridgehead atoms. The van der Waals surface area contributed by atoms with Gasteiger partial charge in [-0.25, -0.2) is 4.79 Å². The van der Waals surface area contributed by atoms with Crippen molar-refractivity contribution in [2.24, 2.45) is 5.73 Å². The Morgan fingerprint density at radius 3 is 2.13 bits per heavy atom. The molecule has 1 unspecified atom stereocenters. The maximum atomic E-state index is 11.7. The summed E-state index contributed by atoms with van der Waals surface area (Å²) in [6.45, 7) is 6.57. The zero-order valence-electron chi connectivity index (χ0n) is 10.0. The number of carbonyl (C=O) groups excluding carboxylic acids is 2. The van der Waals surface area contributed by atoms with Gasteiger partial charge in [0.2, 0.25) is 5.91 Å². The van der Waals surface area contributed by atoms with Gasteiger partial charge in [-0.1, -0.05) is 6.92 Å². The van der Waals surface area contributed by atoms with Crippen molar-refractivity contribution in [2.45, 2.75) is 45.2 Å². The van der Waals surface area contributed by atoms with Gasteiger partial charge in [-0.2, -0.15) is 0 Å². The molecule has 0 fully saturated rings. The van der Waals surface area contributed by atoms with Gasteiger partial charge in [0.15, 0.2) is 0 Å². The predicted octanol–water partition coefficient (Wildman–Crippen LogP) is 0.182. The molecule has 0 saturated heterocycles. The van der Waals surface area contributed by atoms with Crippen LogP contribution in [-0.4, -0.2) is 30.1 Å². The van der Waals surface area contributed by atoms with E-state index < -0.39 is 17.0 Å². The summed E-state index contributed by atoms with van der Waals surface area (Å²) < 4.78 is 4.57. The van der Waals surface area contributed by atoms with E-state index >= 15 is 0 Å². The van der Waals surface area contributed by atoms with Crippen LogP contribution in [0.25, 0.3) is 0 Å². The molecule has 0 radical (unpaired) electrons. The molecule has 0 heterocycles. The SMILES string of the molecule is CCC(C)(N)C(=O)NC(C)(C)C(=O)OC. The van der Waals surface area contributed by atoms with Crippen LogP contribution in [0.3, 0.4) is 0 Å². The number of hydrogen-bond acceptors (Lipinski definition) is 4. The van der Waals surface area contributed by atoms with Crippen LogP contribution in [0.4, 0.5) is 0 Å². The van der Waals surface area contributed by atoms with E-state index in [9.17, 15) is 9.59 Å². The number of amides is 1. The van der Waals surface area contributed by atoms with E-state index in [2.05, 4.69) is 10.1 Å². The normalized spacial score (nSPS) is 15.3. The number of ether oxygens (including phenoxy) is 1. The van der Waals surface area contributed by atoms with Gasteiger partial charge in [0.05, 0.1) is 12.6 Å². The Balaban J connectivity index is 4.61. The van der Waals surface area contributed by atoms with Crippen LogP contribution in [0.5, 0.6) is 0 Å². The van der Waals surface area contributed by atoms with Gasteiger partial charge >= 0.3 is 5.97 Å². The van der Waals surface area contributed by atoms with Crippen LogP contribution in [0.1, 0.15) is 34.1 Å². The summed E-state index contributed by atoms with van der Waals surface area (Å²) in [5.74, 6) is -0.858. The second-order valence-electron chi connectivity index (χ2n) is 4.34. The minimum absolute atomic E-state index is 0.361. The summed E-state index contributed by atoms with van der Waals surface area (Å²) in [5.41, 5.74) is 3.72. The molecule has 0 aromatic carbocycles. The maximum absolute atomic E-state index is 11.7. The van der Waals surface area contributed by atoms with Crippen LogP contribution >= 0.6 is 0 Å². The van der Waals surface area contributed by atoms with Crippen molar-refractivity contribution in [2.75, 3.05) is 7.11 Å². The number of hydrogen-bond donors (Lipinski definition) is 2. The Morgan fingerprint density at radius 1 is 1.33 bits per heavy atom. The zero-order valence-corrected chi connectivity index (χ0v) is 10.0. The lowest BCUT2D eigenvalue weighted by molar-refractivity contribution is -0.150. The topological polar surface area (TPSA) is 81.4 Å². The largest absolute Gasteiger partial charge is 0.467 e. The van der Waals surface area contributed by atoms with Crippen molar-refractivity contribution in [3.8, 4) is 0 Å². The number of methoxy groups -OCH3 is 1. The highest BCUT2D eigenvalue weighted by Crippen LogP contribution is 2.10. The fraction of sp³-hybridized carbons (Fsp3) is 0.800. The molecule has 0 aromatic rings. The third kappa shape index (κ3) is 3.51. The second kappa shape index (κ2) is 4.61. The first-order chi connectivity index (χ1) is 6.67. The fourth-order valence-corrected chi connectivity index (χ4v) is 0.893. The number of carbonyl (C=O) groups is 2. The van der Waals surface area contributed by atoms with Gasteiger partial charge in [0, 0.05) is 0 Å². The molecule has 1 atom stereocenters. The van der Waals surface area contributed by atoms with Gasteiger partial charge in [-0.15, -0.1) is 0 Å². The highest BCUT2D eigenvalue weighted by molar-refractivity contribution is 5.91. The van der Waals surface area contributed by atoms with Crippen LogP contribution in [0.2, 0.25) is 0 Å². The first-order valence-electron chi connectivity index (χ1n) is 4.87. The fourth-order valence-electron chi connectivity index (χ4n) is 0.893. The second-order valence-corrected chi connectivity index (χ2v) is 4.34. The highest BCUT2D eigenvalue weighted by Gasteiger charge is 2.35. The number of esters is 1. The van der Waals surface area contributed by atoms with Crippen molar-refractivity contribution in [1.29, 1.82) is 0 Å². The molecular formula is C10H20N2O3. The van der Waals surface area contributed by atoms with Crippen LogP contribution < -0.4 is 11.1 Å². The van der Waals surface area contributed by atoms with Crippen molar-refractivity contribution < 1.29 is 14.3 Å². The lowest BCUT2D eigenvalue weighted by atomic mass is 9.96. The molecule has 0 aliphatic rings. The smallest absolute Gasteiger partial charge is 0.330 e. The molecule has 0 rings (SSSR count). The molecule has 0 aromatic heterocycles. The Kier molecular flexibility index (Phi) is 4.27.